The molecule has 0 saturated heterocycles. The third-order valence-electron chi connectivity index (χ3n) is 3.13. The largest absolute Gasteiger partial charge is 0.481 e. The molecule has 0 atom stereocenters. The fourth-order valence-electron chi connectivity index (χ4n) is 2.12. The van der Waals surface area contributed by atoms with Gasteiger partial charge in [-0.3, -0.25) is 9.59 Å². The molecule has 0 radical (unpaired) electrons. The van der Waals surface area contributed by atoms with Gasteiger partial charge in [0.25, 0.3) is 0 Å². The normalized spacial score (nSPS) is 11.1. The SMILES string of the molecule is CC(C)CN(CCC(=O)O)C(=O)CSc1nc2ccccc2s1. The van der Waals surface area contributed by atoms with Crippen molar-refractivity contribution in [3.8, 4) is 0 Å². The molecular formula is C16H20N2O3S2. The van der Waals surface area contributed by atoms with Crippen molar-refractivity contribution in [3.05, 3.63) is 24.3 Å². The summed E-state index contributed by atoms with van der Waals surface area (Å²) in [5.74, 6) is -0.332. The Morgan fingerprint density at radius 1 is 1.35 bits per heavy atom. The van der Waals surface area contributed by atoms with E-state index in [-0.39, 0.29) is 24.6 Å². The van der Waals surface area contributed by atoms with Crippen LogP contribution in [0.2, 0.25) is 0 Å². The van der Waals surface area contributed by atoms with Crippen LogP contribution in [0, 0.1) is 5.92 Å². The Hall–Kier alpha value is -1.60. The van der Waals surface area contributed by atoms with Crippen molar-refractivity contribution in [2.75, 3.05) is 18.8 Å². The summed E-state index contributed by atoms with van der Waals surface area (Å²) in [6.07, 6.45) is -0.0235. The minimum absolute atomic E-state index is 0.0235. The maximum absolute atomic E-state index is 12.4. The Morgan fingerprint density at radius 2 is 2.09 bits per heavy atom. The van der Waals surface area contributed by atoms with Crippen LogP contribution in [-0.2, 0) is 9.59 Å². The summed E-state index contributed by atoms with van der Waals surface area (Å²) < 4.78 is 1.97. The molecule has 0 unspecified atom stereocenters. The predicted octanol–water partition coefficient (Wildman–Crippen LogP) is 3.35. The van der Waals surface area contributed by atoms with Crippen molar-refractivity contribution in [2.45, 2.75) is 24.6 Å². The number of hydrogen-bond donors (Lipinski definition) is 1. The Labute approximate surface area is 143 Å². The van der Waals surface area contributed by atoms with Crippen LogP contribution in [0.1, 0.15) is 20.3 Å². The van der Waals surface area contributed by atoms with Gasteiger partial charge in [-0.15, -0.1) is 11.3 Å². The number of aromatic nitrogens is 1. The number of nitrogens with zero attached hydrogens (tertiary/aromatic N) is 2. The van der Waals surface area contributed by atoms with E-state index >= 15 is 0 Å². The van der Waals surface area contributed by atoms with Crippen molar-refractivity contribution in [1.29, 1.82) is 0 Å². The first kappa shape index (κ1) is 17.7. The first-order valence-electron chi connectivity index (χ1n) is 7.43. The molecule has 1 aromatic carbocycles. The van der Waals surface area contributed by atoms with Crippen LogP contribution < -0.4 is 0 Å². The molecule has 2 aromatic rings. The Morgan fingerprint density at radius 3 is 2.74 bits per heavy atom. The van der Waals surface area contributed by atoms with Crippen LogP contribution in [0.5, 0.6) is 0 Å². The molecule has 1 amide bonds. The fraction of sp³-hybridized carbons (Fsp3) is 0.438. The van der Waals surface area contributed by atoms with E-state index in [0.29, 0.717) is 12.5 Å². The highest BCUT2D eigenvalue weighted by atomic mass is 32.2. The van der Waals surface area contributed by atoms with Gasteiger partial charge in [-0.1, -0.05) is 37.7 Å². The number of thioether (sulfide) groups is 1. The molecule has 1 aromatic heterocycles. The van der Waals surface area contributed by atoms with Gasteiger partial charge in [-0.2, -0.15) is 0 Å². The number of thiazole rings is 1. The summed E-state index contributed by atoms with van der Waals surface area (Å²) in [6, 6.07) is 7.88. The molecule has 2 rings (SSSR count). The molecule has 0 aliphatic rings. The van der Waals surface area contributed by atoms with E-state index in [4.69, 9.17) is 5.11 Å². The zero-order valence-corrected chi connectivity index (χ0v) is 14.8. The summed E-state index contributed by atoms with van der Waals surface area (Å²) in [4.78, 5) is 29.2. The molecule has 0 bridgehead atoms. The smallest absolute Gasteiger partial charge is 0.305 e. The van der Waals surface area contributed by atoms with Gasteiger partial charge in [0.2, 0.25) is 5.91 Å². The van der Waals surface area contributed by atoms with Gasteiger partial charge in [0.1, 0.15) is 0 Å². The average molecular weight is 352 g/mol. The minimum atomic E-state index is -0.884. The average Bonchev–Trinajstić information content (AvgIpc) is 2.91. The van der Waals surface area contributed by atoms with Crippen molar-refractivity contribution in [1.82, 2.24) is 9.88 Å². The first-order chi connectivity index (χ1) is 11.0. The lowest BCUT2D eigenvalue weighted by molar-refractivity contribution is -0.138. The van der Waals surface area contributed by atoms with Gasteiger partial charge in [0, 0.05) is 13.1 Å². The second-order valence-electron chi connectivity index (χ2n) is 5.61. The number of hydrogen-bond acceptors (Lipinski definition) is 5. The number of rotatable bonds is 8. The fourth-order valence-corrected chi connectivity index (χ4v) is 4.09. The molecular weight excluding hydrogens is 332 g/mol. The highest BCUT2D eigenvalue weighted by molar-refractivity contribution is 8.01. The van der Waals surface area contributed by atoms with Crippen LogP contribution in [-0.4, -0.2) is 45.7 Å². The van der Waals surface area contributed by atoms with Gasteiger partial charge >= 0.3 is 5.97 Å². The van der Waals surface area contributed by atoms with E-state index < -0.39 is 5.97 Å². The minimum Gasteiger partial charge on any atom is -0.481 e. The second kappa shape index (κ2) is 8.31. The number of carboxylic acids is 1. The molecule has 124 valence electrons. The van der Waals surface area contributed by atoms with Crippen molar-refractivity contribution in [2.24, 2.45) is 5.92 Å². The summed E-state index contributed by atoms with van der Waals surface area (Å²) in [6.45, 7) is 4.86. The van der Waals surface area contributed by atoms with Crippen molar-refractivity contribution >= 4 is 45.2 Å². The van der Waals surface area contributed by atoms with E-state index in [2.05, 4.69) is 4.98 Å². The topological polar surface area (TPSA) is 70.5 Å². The number of benzene rings is 1. The number of carbonyl (C=O) groups is 2. The van der Waals surface area contributed by atoms with E-state index in [0.717, 1.165) is 14.6 Å². The highest BCUT2D eigenvalue weighted by Gasteiger charge is 2.17. The first-order valence-corrected chi connectivity index (χ1v) is 9.24. The third-order valence-corrected chi connectivity index (χ3v) is 5.29. The van der Waals surface area contributed by atoms with Gasteiger partial charge in [-0.25, -0.2) is 4.98 Å². The number of fused-ring (bicyclic) bond motifs is 1. The Balaban J connectivity index is 1.95. The van der Waals surface area contributed by atoms with Crippen molar-refractivity contribution in [3.63, 3.8) is 0 Å². The molecule has 1 heterocycles. The molecule has 5 nitrogen and oxygen atoms in total. The standard InChI is InChI=1S/C16H20N2O3S2/c1-11(2)9-18(8-7-15(20)21)14(19)10-22-16-17-12-5-3-4-6-13(12)23-16/h3-6,11H,7-10H2,1-2H3,(H,20,21). The van der Waals surface area contributed by atoms with Crippen LogP contribution in [0.25, 0.3) is 10.2 Å². The van der Waals surface area contributed by atoms with E-state index in [1.165, 1.54) is 11.8 Å². The lowest BCUT2D eigenvalue weighted by Gasteiger charge is -2.23. The van der Waals surface area contributed by atoms with Gasteiger partial charge in [0.15, 0.2) is 4.34 Å². The lowest BCUT2D eigenvalue weighted by Crippen LogP contribution is -2.37. The van der Waals surface area contributed by atoms with Crippen LogP contribution in [0.3, 0.4) is 0 Å². The lowest BCUT2D eigenvalue weighted by atomic mass is 10.2. The molecule has 1 N–H and O–H groups in total. The molecule has 0 aliphatic heterocycles. The molecule has 0 saturated carbocycles. The molecule has 0 spiro atoms. The number of para-hydroxylation sites is 1. The summed E-state index contributed by atoms with van der Waals surface area (Å²) in [5.41, 5.74) is 0.942. The zero-order chi connectivity index (χ0) is 16.8. The van der Waals surface area contributed by atoms with E-state index in [1.54, 1.807) is 16.2 Å². The number of amides is 1. The van der Waals surface area contributed by atoms with Gasteiger partial charge < -0.3 is 10.0 Å². The monoisotopic (exact) mass is 352 g/mol. The van der Waals surface area contributed by atoms with Crippen LogP contribution in [0.4, 0.5) is 0 Å². The molecule has 23 heavy (non-hydrogen) atoms. The van der Waals surface area contributed by atoms with E-state index in [1.807, 2.05) is 38.1 Å². The number of aliphatic carboxylic acids is 1. The summed E-state index contributed by atoms with van der Waals surface area (Å²) in [7, 11) is 0. The van der Waals surface area contributed by atoms with Crippen molar-refractivity contribution < 1.29 is 14.7 Å². The second-order valence-corrected chi connectivity index (χ2v) is 7.87. The van der Waals surface area contributed by atoms with Crippen LogP contribution in [0.15, 0.2) is 28.6 Å². The van der Waals surface area contributed by atoms with E-state index in [9.17, 15) is 9.59 Å². The molecule has 0 fully saturated rings. The summed E-state index contributed by atoms with van der Waals surface area (Å²) >= 11 is 2.98. The predicted molar refractivity (Wildman–Crippen MR) is 94.0 cm³/mol. The molecule has 7 heteroatoms. The quantitative estimate of drug-likeness (QED) is 0.738. The maximum atomic E-state index is 12.4. The van der Waals surface area contributed by atoms with Gasteiger partial charge in [0.05, 0.1) is 22.4 Å². The molecule has 0 aliphatic carbocycles. The van der Waals surface area contributed by atoms with Gasteiger partial charge in [-0.05, 0) is 18.1 Å². The highest BCUT2D eigenvalue weighted by Crippen LogP contribution is 2.29. The number of carbonyl (C=O) groups excluding carboxylic acids is 1. The van der Waals surface area contributed by atoms with Crippen LogP contribution >= 0.6 is 23.1 Å². The third kappa shape index (κ3) is 5.51. The zero-order valence-electron chi connectivity index (χ0n) is 13.2. The Bertz CT molecular complexity index is 652. The maximum Gasteiger partial charge on any atom is 0.305 e. The Kier molecular flexibility index (Phi) is 6.41. The number of carboxylic acid groups (broad SMARTS) is 1. The summed E-state index contributed by atoms with van der Waals surface area (Å²) in [5, 5.41) is 8.82.